The summed E-state index contributed by atoms with van der Waals surface area (Å²) in [5.41, 5.74) is -0.164. The van der Waals surface area contributed by atoms with E-state index in [2.05, 4.69) is 4.74 Å². The molecule has 0 bridgehead atoms. The minimum Gasteiger partial charge on any atom is -0.434 e. The second kappa shape index (κ2) is 4.45. The van der Waals surface area contributed by atoms with Crippen LogP contribution < -0.4 is 4.74 Å². The quantitative estimate of drug-likeness (QED) is 0.421. The Bertz CT molecular complexity index is 350. The molecule has 0 aromatic heterocycles. The van der Waals surface area contributed by atoms with Gasteiger partial charge in [-0.1, -0.05) is 12.1 Å². The van der Waals surface area contributed by atoms with Crippen LogP contribution in [0, 0.1) is 0 Å². The van der Waals surface area contributed by atoms with Crippen LogP contribution in [0.3, 0.4) is 0 Å². The summed E-state index contributed by atoms with van der Waals surface area (Å²) in [7, 11) is 0. The number of alkyl halides is 2. The molecule has 14 heavy (non-hydrogen) atoms. The van der Waals surface area contributed by atoms with Crippen molar-refractivity contribution in [3.05, 3.63) is 29.8 Å². The van der Waals surface area contributed by atoms with E-state index < -0.39 is 12.4 Å². The number of benzene rings is 1. The standard InChI is InChI=1S/C9H6F2O3/c10-9(11)14-8-4-2-1-3-6(8)7(13)5-12/h1-5,9H. The molecule has 0 saturated carbocycles. The number of hydrogen-bond donors (Lipinski definition) is 0. The van der Waals surface area contributed by atoms with Gasteiger partial charge in [0.25, 0.3) is 0 Å². The van der Waals surface area contributed by atoms with Gasteiger partial charge < -0.3 is 4.74 Å². The number of ether oxygens (including phenoxy) is 1. The topological polar surface area (TPSA) is 43.4 Å². The van der Waals surface area contributed by atoms with Gasteiger partial charge in [-0.25, -0.2) is 0 Å². The summed E-state index contributed by atoms with van der Waals surface area (Å²) in [4.78, 5) is 21.1. The molecule has 1 aromatic carbocycles. The summed E-state index contributed by atoms with van der Waals surface area (Å²) in [6, 6.07) is 5.33. The SMILES string of the molecule is O=CC(=O)c1ccccc1OC(F)F. The van der Waals surface area contributed by atoms with Gasteiger partial charge in [0, 0.05) is 0 Å². The third-order valence-electron chi connectivity index (χ3n) is 1.48. The Balaban J connectivity index is 3.02. The molecule has 0 spiro atoms. The Kier molecular flexibility index (Phi) is 3.28. The van der Waals surface area contributed by atoms with Crippen molar-refractivity contribution < 1.29 is 23.1 Å². The summed E-state index contributed by atoms with van der Waals surface area (Å²) < 4.78 is 27.7. The lowest BCUT2D eigenvalue weighted by Crippen LogP contribution is -2.08. The highest BCUT2D eigenvalue weighted by molar-refractivity contribution is 6.34. The smallest absolute Gasteiger partial charge is 0.387 e. The first-order valence-electron chi connectivity index (χ1n) is 3.68. The zero-order chi connectivity index (χ0) is 10.6. The molecular weight excluding hydrogens is 194 g/mol. The maximum absolute atomic E-state index is 11.8. The Hall–Kier alpha value is -1.78. The zero-order valence-corrected chi connectivity index (χ0v) is 6.94. The van der Waals surface area contributed by atoms with E-state index in [9.17, 15) is 18.4 Å². The van der Waals surface area contributed by atoms with E-state index in [1.807, 2.05) is 0 Å². The van der Waals surface area contributed by atoms with E-state index in [0.717, 1.165) is 0 Å². The molecule has 1 rings (SSSR count). The molecule has 0 aliphatic rings. The molecule has 0 atom stereocenters. The van der Waals surface area contributed by atoms with Gasteiger partial charge in [-0.15, -0.1) is 0 Å². The molecule has 0 aliphatic carbocycles. The van der Waals surface area contributed by atoms with Gasteiger partial charge in [-0.2, -0.15) is 8.78 Å². The van der Waals surface area contributed by atoms with E-state index in [1.165, 1.54) is 24.3 Å². The molecule has 0 saturated heterocycles. The van der Waals surface area contributed by atoms with Crippen LogP contribution in [0.1, 0.15) is 10.4 Å². The van der Waals surface area contributed by atoms with Gasteiger partial charge in [-0.05, 0) is 12.1 Å². The van der Waals surface area contributed by atoms with Crippen LogP contribution in [0.15, 0.2) is 24.3 Å². The van der Waals surface area contributed by atoms with E-state index >= 15 is 0 Å². The van der Waals surface area contributed by atoms with E-state index in [-0.39, 0.29) is 17.6 Å². The van der Waals surface area contributed by atoms with Crippen molar-refractivity contribution in [3.8, 4) is 5.75 Å². The number of carbonyl (C=O) groups is 2. The number of aldehydes is 1. The van der Waals surface area contributed by atoms with Gasteiger partial charge in [-0.3, -0.25) is 9.59 Å². The lowest BCUT2D eigenvalue weighted by Gasteiger charge is -2.06. The third kappa shape index (κ3) is 2.35. The van der Waals surface area contributed by atoms with Crippen molar-refractivity contribution in [2.24, 2.45) is 0 Å². The Labute approximate surface area is 78.3 Å². The average Bonchev–Trinajstić information content (AvgIpc) is 2.16. The van der Waals surface area contributed by atoms with E-state index in [4.69, 9.17) is 0 Å². The number of halogens is 2. The molecule has 0 aliphatic heterocycles. The molecule has 1 aromatic rings. The molecule has 0 heterocycles. The second-order valence-electron chi connectivity index (χ2n) is 2.36. The largest absolute Gasteiger partial charge is 0.434 e. The van der Waals surface area contributed by atoms with Gasteiger partial charge in [0.05, 0.1) is 5.56 Å². The lowest BCUT2D eigenvalue weighted by atomic mass is 10.1. The Morgan fingerprint density at radius 2 is 2.00 bits per heavy atom. The highest BCUT2D eigenvalue weighted by Crippen LogP contribution is 2.19. The van der Waals surface area contributed by atoms with E-state index in [1.54, 1.807) is 0 Å². The van der Waals surface area contributed by atoms with Crippen LogP contribution in [0.25, 0.3) is 0 Å². The molecule has 3 nitrogen and oxygen atoms in total. The van der Waals surface area contributed by atoms with Crippen LogP contribution >= 0.6 is 0 Å². The maximum Gasteiger partial charge on any atom is 0.387 e. The van der Waals surface area contributed by atoms with Crippen molar-refractivity contribution in [3.63, 3.8) is 0 Å². The maximum atomic E-state index is 11.8. The van der Waals surface area contributed by atoms with Gasteiger partial charge >= 0.3 is 6.61 Å². The molecule has 74 valence electrons. The second-order valence-corrected chi connectivity index (χ2v) is 2.36. The van der Waals surface area contributed by atoms with Crippen molar-refractivity contribution >= 4 is 12.1 Å². The predicted octanol–water partition coefficient (Wildman–Crippen LogP) is 1.67. The number of carbonyl (C=O) groups excluding carboxylic acids is 2. The molecule has 0 amide bonds. The first-order valence-corrected chi connectivity index (χ1v) is 3.68. The molecular formula is C9H6F2O3. The van der Waals surface area contributed by atoms with Crippen molar-refractivity contribution in [2.75, 3.05) is 0 Å². The Morgan fingerprint density at radius 3 is 2.57 bits per heavy atom. The zero-order valence-electron chi connectivity index (χ0n) is 6.94. The summed E-state index contributed by atoms with van der Waals surface area (Å²) in [5.74, 6) is -1.18. The van der Waals surface area contributed by atoms with E-state index in [0.29, 0.717) is 0 Å². The monoisotopic (exact) mass is 200 g/mol. The van der Waals surface area contributed by atoms with Crippen molar-refractivity contribution in [1.82, 2.24) is 0 Å². The highest BCUT2D eigenvalue weighted by Gasteiger charge is 2.13. The summed E-state index contributed by atoms with van der Waals surface area (Å²) in [6.07, 6.45) is 0.0493. The highest BCUT2D eigenvalue weighted by atomic mass is 19.3. The minimum absolute atomic E-state index is 0.0493. The summed E-state index contributed by atoms with van der Waals surface area (Å²) in [6.45, 7) is -3.02. The fourth-order valence-electron chi connectivity index (χ4n) is 0.932. The molecule has 0 N–H and O–H groups in total. The van der Waals surface area contributed by atoms with Crippen LogP contribution in [0.2, 0.25) is 0 Å². The third-order valence-corrected chi connectivity index (χ3v) is 1.48. The number of para-hydroxylation sites is 1. The summed E-state index contributed by atoms with van der Waals surface area (Å²) in [5, 5.41) is 0. The molecule has 0 unspecified atom stereocenters. The van der Waals surface area contributed by atoms with Gasteiger partial charge in [0.15, 0.2) is 6.29 Å². The number of hydrogen-bond acceptors (Lipinski definition) is 3. The molecule has 5 heteroatoms. The van der Waals surface area contributed by atoms with Gasteiger partial charge in [0.1, 0.15) is 5.75 Å². The lowest BCUT2D eigenvalue weighted by molar-refractivity contribution is -0.104. The molecule has 0 radical (unpaired) electrons. The van der Waals surface area contributed by atoms with Crippen LogP contribution in [0.4, 0.5) is 8.78 Å². The minimum atomic E-state index is -3.02. The van der Waals surface area contributed by atoms with Gasteiger partial charge in [0.2, 0.25) is 5.78 Å². The predicted molar refractivity (Wildman–Crippen MR) is 43.5 cm³/mol. The van der Waals surface area contributed by atoms with Crippen LogP contribution in [-0.2, 0) is 4.79 Å². The first-order chi connectivity index (χ1) is 6.65. The van der Waals surface area contributed by atoms with Crippen LogP contribution in [0.5, 0.6) is 5.75 Å². The van der Waals surface area contributed by atoms with Crippen LogP contribution in [-0.4, -0.2) is 18.7 Å². The fourth-order valence-corrected chi connectivity index (χ4v) is 0.932. The fraction of sp³-hybridized carbons (Fsp3) is 0.111. The molecule has 0 fully saturated rings. The normalized spacial score (nSPS) is 9.93. The number of Topliss-reactive ketones (excluding diaryl/α,β-unsaturated/α-hetero) is 1. The van der Waals surface area contributed by atoms with Crippen molar-refractivity contribution in [1.29, 1.82) is 0 Å². The summed E-state index contributed by atoms with van der Waals surface area (Å²) >= 11 is 0. The van der Waals surface area contributed by atoms with Crippen molar-refractivity contribution in [2.45, 2.75) is 6.61 Å². The first kappa shape index (κ1) is 10.3. The Morgan fingerprint density at radius 1 is 1.36 bits per heavy atom. The average molecular weight is 200 g/mol. The number of rotatable bonds is 4. The number of ketones is 1.